The second-order valence-electron chi connectivity index (χ2n) is 6.71. The highest BCUT2D eigenvalue weighted by Gasteiger charge is 2.24. The molecule has 1 heterocycles. The number of halogens is 1. The van der Waals surface area contributed by atoms with Gasteiger partial charge in [0.2, 0.25) is 11.8 Å². The van der Waals surface area contributed by atoms with E-state index in [4.69, 9.17) is 11.6 Å². The Bertz CT molecular complexity index is 797. The number of amides is 2. The predicted molar refractivity (Wildman–Crippen MR) is 103 cm³/mol. The summed E-state index contributed by atoms with van der Waals surface area (Å²) in [6.45, 7) is 7.56. The van der Waals surface area contributed by atoms with Crippen molar-refractivity contribution in [1.82, 2.24) is 15.1 Å². The molecular weight excluding hydrogens is 352 g/mol. The van der Waals surface area contributed by atoms with Crippen LogP contribution in [0.15, 0.2) is 24.3 Å². The Balaban J connectivity index is 2.01. The lowest BCUT2D eigenvalue weighted by Gasteiger charge is -2.20. The number of rotatable bonds is 6. The summed E-state index contributed by atoms with van der Waals surface area (Å²) in [5.74, 6) is -0.725. The van der Waals surface area contributed by atoms with Crippen LogP contribution in [0.4, 0.5) is 5.69 Å². The summed E-state index contributed by atoms with van der Waals surface area (Å²) in [5.41, 5.74) is 3.17. The first-order valence-corrected chi connectivity index (χ1v) is 8.91. The molecule has 0 saturated carbocycles. The number of carbonyl (C=O) groups excluding carboxylic acids is 2. The van der Waals surface area contributed by atoms with Crippen LogP contribution in [0.5, 0.6) is 0 Å². The average Bonchev–Trinajstić information content (AvgIpc) is 2.81. The molecule has 0 unspecified atom stereocenters. The van der Waals surface area contributed by atoms with Gasteiger partial charge in [-0.15, -0.1) is 0 Å². The summed E-state index contributed by atoms with van der Waals surface area (Å²) >= 11 is 5.92. The van der Waals surface area contributed by atoms with Crippen LogP contribution < -0.4 is 10.6 Å². The smallest absolute Gasteiger partial charge is 0.243 e. The van der Waals surface area contributed by atoms with Crippen LogP contribution in [0.25, 0.3) is 0 Å². The van der Waals surface area contributed by atoms with Gasteiger partial charge in [0, 0.05) is 12.1 Å². The fourth-order valence-electron chi connectivity index (χ4n) is 2.92. The molecule has 140 valence electrons. The number of carbonyl (C=O) groups is 2. The average molecular weight is 377 g/mol. The molecule has 0 fully saturated rings. The number of hydrogen-bond donors (Lipinski definition) is 2. The largest absolute Gasteiger partial charge is 0.346 e. The maximum absolute atomic E-state index is 12.6. The fourth-order valence-corrected chi connectivity index (χ4v) is 3.05. The van der Waals surface area contributed by atoms with E-state index in [0.29, 0.717) is 10.7 Å². The highest BCUT2D eigenvalue weighted by molar-refractivity contribution is 6.30. The van der Waals surface area contributed by atoms with E-state index >= 15 is 0 Å². The second-order valence-corrected chi connectivity index (χ2v) is 7.15. The molecule has 0 aliphatic carbocycles. The van der Waals surface area contributed by atoms with Gasteiger partial charge in [0.25, 0.3) is 0 Å². The van der Waals surface area contributed by atoms with Crippen molar-refractivity contribution in [3.63, 3.8) is 0 Å². The maximum Gasteiger partial charge on any atom is 0.243 e. The van der Waals surface area contributed by atoms with E-state index in [0.717, 1.165) is 17.0 Å². The first kappa shape index (κ1) is 20.0. The minimum absolute atomic E-state index is 0.0852. The third kappa shape index (κ3) is 4.64. The zero-order valence-corrected chi connectivity index (χ0v) is 16.5. The predicted octanol–water partition coefficient (Wildman–Crippen LogP) is 3.18. The monoisotopic (exact) mass is 376 g/mol. The van der Waals surface area contributed by atoms with Crippen LogP contribution in [-0.4, -0.2) is 28.1 Å². The summed E-state index contributed by atoms with van der Waals surface area (Å²) in [6.07, 6.45) is 0. The molecular formula is C19H25ClN4O2. The Morgan fingerprint density at radius 1 is 1.19 bits per heavy atom. The van der Waals surface area contributed by atoms with Crippen LogP contribution in [0, 0.1) is 19.8 Å². The fraction of sp³-hybridized carbons (Fsp3) is 0.421. The van der Waals surface area contributed by atoms with Gasteiger partial charge in [-0.2, -0.15) is 5.10 Å². The Hall–Kier alpha value is -2.34. The molecule has 0 aliphatic heterocycles. The lowest BCUT2D eigenvalue weighted by molar-refractivity contribution is -0.126. The van der Waals surface area contributed by atoms with E-state index in [9.17, 15) is 9.59 Å². The lowest BCUT2D eigenvalue weighted by Crippen LogP contribution is -2.37. The molecule has 1 aromatic carbocycles. The molecule has 0 saturated heterocycles. The minimum atomic E-state index is -0.345. The molecule has 2 amide bonds. The summed E-state index contributed by atoms with van der Waals surface area (Å²) in [4.78, 5) is 24.8. The van der Waals surface area contributed by atoms with Crippen LogP contribution in [-0.2, 0) is 16.6 Å². The van der Waals surface area contributed by atoms with Gasteiger partial charge in [-0.25, -0.2) is 0 Å². The molecule has 1 atom stereocenters. The molecule has 26 heavy (non-hydrogen) atoms. The van der Waals surface area contributed by atoms with Crippen LogP contribution in [0.1, 0.15) is 36.7 Å². The highest BCUT2D eigenvalue weighted by atomic mass is 35.5. The molecule has 7 heteroatoms. The summed E-state index contributed by atoms with van der Waals surface area (Å²) < 4.78 is 1.71. The zero-order valence-electron chi connectivity index (χ0n) is 15.8. The minimum Gasteiger partial charge on any atom is -0.346 e. The number of hydrogen-bond acceptors (Lipinski definition) is 3. The first-order chi connectivity index (χ1) is 12.2. The summed E-state index contributed by atoms with van der Waals surface area (Å²) in [6, 6.07) is 7.21. The molecule has 0 radical (unpaired) electrons. The van der Waals surface area contributed by atoms with Crippen molar-refractivity contribution < 1.29 is 9.59 Å². The molecule has 2 rings (SSSR count). The van der Waals surface area contributed by atoms with Crippen LogP contribution in [0.3, 0.4) is 0 Å². The molecule has 0 aliphatic rings. The Morgan fingerprint density at radius 3 is 2.31 bits per heavy atom. The van der Waals surface area contributed by atoms with Gasteiger partial charge in [-0.1, -0.05) is 37.6 Å². The quantitative estimate of drug-likeness (QED) is 0.812. The summed E-state index contributed by atoms with van der Waals surface area (Å²) in [5, 5.41) is 10.4. The van der Waals surface area contributed by atoms with Gasteiger partial charge in [-0.3, -0.25) is 14.3 Å². The normalized spacial score (nSPS) is 12.1. The van der Waals surface area contributed by atoms with Gasteiger partial charge in [0.1, 0.15) is 0 Å². The summed E-state index contributed by atoms with van der Waals surface area (Å²) in [7, 11) is 1.82. The van der Waals surface area contributed by atoms with Crippen molar-refractivity contribution in [2.45, 2.75) is 33.6 Å². The number of aryl methyl sites for hydroxylation is 2. The molecule has 0 spiro atoms. The third-order valence-electron chi connectivity index (χ3n) is 4.37. The number of nitrogens with one attached hydrogen (secondary N) is 2. The topological polar surface area (TPSA) is 76.0 Å². The molecule has 0 bridgehead atoms. The van der Waals surface area contributed by atoms with Crippen molar-refractivity contribution in [1.29, 1.82) is 0 Å². The van der Waals surface area contributed by atoms with Gasteiger partial charge < -0.3 is 10.6 Å². The molecule has 6 nitrogen and oxygen atoms in total. The van der Waals surface area contributed by atoms with E-state index in [1.54, 1.807) is 16.8 Å². The Kier molecular flexibility index (Phi) is 6.42. The van der Waals surface area contributed by atoms with Crippen molar-refractivity contribution in [3.8, 4) is 0 Å². The van der Waals surface area contributed by atoms with Gasteiger partial charge >= 0.3 is 0 Å². The molecule has 1 aromatic heterocycles. The Morgan fingerprint density at radius 2 is 1.81 bits per heavy atom. The van der Waals surface area contributed by atoms with Crippen molar-refractivity contribution in [2.24, 2.45) is 13.0 Å². The van der Waals surface area contributed by atoms with Gasteiger partial charge in [-0.05, 0) is 37.5 Å². The van der Waals surface area contributed by atoms with Crippen molar-refractivity contribution in [3.05, 3.63) is 46.2 Å². The standard InChI is InChI=1S/C19H25ClN4O2/c1-11(2)17(14-6-8-15(20)9-7-14)19(26)21-10-16(25)22-18-12(3)23-24(5)13(18)4/h6-9,11,17H,10H2,1-5H3,(H,21,26)(H,22,25)/t17-/m0/s1. The van der Waals surface area contributed by atoms with Crippen LogP contribution in [0.2, 0.25) is 5.02 Å². The molecule has 2 aromatic rings. The number of benzene rings is 1. The van der Waals surface area contributed by atoms with Gasteiger partial charge in [0.05, 0.1) is 29.5 Å². The van der Waals surface area contributed by atoms with E-state index in [1.165, 1.54) is 0 Å². The van der Waals surface area contributed by atoms with E-state index in [2.05, 4.69) is 15.7 Å². The SMILES string of the molecule is Cc1nn(C)c(C)c1NC(=O)CNC(=O)[C@H](c1ccc(Cl)cc1)C(C)C. The number of nitrogens with zero attached hydrogens (tertiary/aromatic N) is 2. The van der Waals surface area contributed by atoms with Crippen molar-refractivity contribution >= 4 is 29.1 Å². The second kappa shape index (κ2) is 8.36. The lowest BCUT2D eigenvalue weighted by atomic mass is 9.87. The first-order valence-electron chi connectivity index (χ1n) is 8.54. The number of anilines is 1. The third-order valence-corrected chi connectivity index (χ3v) is 4.63. The van der Waals surface area contributed by atoms with E-state index in [-0.39, 0.29) is 30.2 Å². The number of aromatic nitrogens is 2. The van der Waals surface area contributed by atoms with E-state index in [1.807, 2.05) is 46.9 Å². The van der Waals surface area contributed by atoms with Crippen LogP contribution >= 0.6 is 11.6 Å². The zero-order chi connectivity index (χ0) is 19.4. The van der Waals surface area contributed by atoms with Crippen molar-refractivity contribution in [2.75, 3.05) is 11.9 Å². The Labute approximate surface area is 158 Å². The molecule has 2 N–H and O–H groups in total. The van der Waals surface area contributed by atoms with E-state index < -0.39 is 0 Å². The highest BCUT2D eigenvalue weighted by Crippen LogP contribution is 2.26. The maximum atomic E-state index is 12.6. The van der Waals surface area contributed by atoms with Gasteiger partial charge in [0.15, 0.2) is 0 Å².